The highest BCUT2D eigenvalue weighted by atomic mass is 16.4. The van der Waals surface area contributed by atoms with E-state index in [1.165, 1.54) is 12.8 Å². The zero-order valence-electron chi connectivity index (χ0n) is 10.4. The highest BCUT2D eigenvalue weighted by Gasteiger charge is 2.19. The number of carboxylic acid groups (broad SMARTS) is 1. The van der Waals surface area contributed by atoms with Crippen LogP contribution in [-0.2, 0) is 6.54 Å². The van der Waals surface area contributed by atoms with E-state index >= 15 is 0 Å². The van der Waals surface area contributed by atoms with Gasteiger partial charge in [-0.2, -0.15) is 5.10 Å². The number of hydrogen-bond donors (Lipinski definition) is 1. The molecular weight excluding hydrogens is 218 g/mol. The van der Waals surface area contributed by atoms with Crippen molar-refractivity contribution in [3.8, 4) is 0 Å². The summed E-state index contributed by atoms with van der Waals surface area (Å²) in [5.41, 5.74) is 1.15. The van der Waals surface area contributed by atoms with Crippen molar-refractivity contribution in [1.82, 2.24) is 14.7 Å². The Hall–Kier alpha value is -1.36. The normalized spacial score (nSPS) is 16.9. The average Bonchev–Trinajstić information content (AvgIpc) is 2.87. The fraction of sp³-hybridized carbons (Fsp3) is 0.667. The van der Waals surface area contributed by atoms with E-state index in [1.54, 1.807) is 6.07 Å². The Bertz CT molecular complexity index is 406. The van der Waals surface area contributed by atoms with Gasteiger partial charge in [0.25, 0.3) is 0 Å². The van der Waals surface area contributed by atoms with Crippen LogP contribution in [0.2, 0.25) is 0 Å². The predicted molar refractivity (Wildman–Crippen MR) is 64.1 cm³/mol. The monoisotopic (exact) mass is 237 g/mol. The minimum atomic E-state index is -0.952. The second-order valence-corrected chi connectivity index (χ2v) is 4.85. The minimum absolute atomic E-state index is 0.146. The molecule has 2 heterocycles. The third kappa shape index (κ3) is 2.66. The summed E-state index contributed by atoms with van der Waals surface area (Å²) in [5.74, 6) is -0.952. The van der Waals surface area contributed by atoms with Crippen LogP contribution in [0.1, 0.15) is 48.9 Å². The van der Waals surface area contributed by atoms with Crippen molar-refractivity contribution in [2.24, 2.45) is 0 Å². The molecular formula is C12H19N3O2. The number of nitrogens with zero attached hydrogens (tertiary/aromatic N) is 3. The number of rotatable bonds is 4. The van der Waals surface area contributed by atoms with E-state index in [0.717, 1.165) is 25.3 Å². The molecule has 1 aliphatic heterocycles. The lowest BCUT2D eigenvalue weighted by atomic mass is 10.3. The Morgan fingerprint density at radius 1 is 1.47 bits per heavy atom. The summed E-state index contributed by atoms with van der Waals surface area (Å²) in [6, 6.07) is 1.89. The summed E-state index contributed by atoms with van der Waals surface area (Å²) in [5, 5.41) is 13.1. The largest absolute Gasteiger partial charge is 0.476 e. The predicted octanol–water partition coefficient (Wildman–Crippen LogP) is 1.76. The van der Waals surface area contributed by atoms with Crippen LogP contribution >= 0.6 is 0 Å². The molecule has 2 rings (SSSR count). The molecule has 0 radical (unpaired) electrons. The molecule has 0 bridgehead atoms. The molecule has 0 atom stereocenters. The van der Waals surface area contributed by atoms with Gasteiger partial charge in [-0.15, -0.1) is 0 Å². The van der Waals surface area contributed by atoms with E-state index in [2.05, 4.69) is 10.00 Å². The Balaban J connectivity index is 2.20. The maximum absolute atomic E-state index is 10.9. The second kappa shape index (κ2) is 4.87. The lowest BCUT2D eigenvalue weighted by Crippen LogP contribution is -2.21. The van der Waals surface area contributed by atoms with Crippen LogP contribution in [0.15, 0.2) is 6.07 Å². The number of hydrogen-bond acceptors (Lipinski definition) is 3. The maximum Gasteiger partial charge on any atom is 0.356 e. The van der Waals surface area contributed by atoms with Crippen molar-refractivity contribution in [2.75, 3.05) is 13.1 Å². The SMILES string of the molecule is CC(C)n1nc(C(=O)O)cc1CN1CCCC1. The minimum Gasteiger partial charge on any atom is -0.476 e. The molecule has 1 saturated heterocycles. The van der Waals surface area contributed by atoms with Crippen LogP contribution in [0.25, 0.3) is 0 Å². The molecule has 0 spiro atoms. The maximum atomic E-state index is 10.9. The molecule has 1 fully saturated rings. The van der Waals surface area contributed by atoms with Crippen molar-refractivity contribution in [3.05, 3.63) is 17.5 Å². The third-order valence-electron chi connectivity index (χ3n) is 3.11. The lowest BCUT2D eigenvalue weighted by molar-refractivity contribution is 0.0689. The van der Waals surface area contributed by atoms with Crippen LogP contribution in [0.5, 0.6) is 0 Å². The van der Waals surface area contributed by atoms with Gasteiger partial charge in [-0.1, -0.05) is 0 Å². The van der Waals surface area contributed by atoms with E-state index in [0.29, 0.717) is 0 Å². The topological polar surface area (TPSA) is 58.4 Å². The lowest BCUT2D eigenvalue weighted by Gasteiger charge is -2.17. The van der Waals surface area contributed by atoms with Crippen molar-refractivity contribution < 1.29 is 9.90 Å². The van der Waals surface area contributed by atoms with Crippen LogP contribution in [0, 0.1) is 0 Å². The van der Waals surface area contributed by atoms with E-state index in [-0.39, 0.29) is 11.7 Å². The van der Waals surface area contributed by atoms with Crippen LogP contribution in [-0.4, -0.2) is 38.8 Å². The molecule has 0 unspecified atom stereocenters. The molecule has 1 aromatic heterocycles. The van der Waals surface area contributed by atoms with Gasteiger partial charge in [0.1, 0.15) is 0 Å². The summed E-state index contributed by atoms with van der Waals surface area (Å²) >= 11 is 0. The molecule has 5 heteroatoms. The third-order valence-corrected chi connectivity index (χ3v) is 3.11. The van der Waals surface area contributed by atoms with Gasteiger partial charge in [-0.25, -0.2) is 4.79 Å². The van der Waals surface area contributed by atoms with Crippen LogP contribution in [0.4, 0.5) is 0 Å². The van der Waals surface area contributed by atoms with E-state index in [1.807, 2.05) is 18.5 Å². The second-order valence-electron chi connectivity index (χ2n) is 4.85. The Morgan fingerprint density at radius 3 is 2.65 bits per heavy atom. The Kier molecular flexibility index (Phi) is 3.47. The molecule has 0 saturated carbocycles. The molecule has 0 aromatic carbocycles. The number of carboxylic acids is 1. The zero-order chi connectivity index (χ0) is 12.4. The van der Waals surface area contributed by atoms with Crippen molar-refractivity contribution in [2.45, 2.75) is 39.3 Å². The number of aromatic nitrogens is 2. The molecule has 1 aliphatic rings. The van der Waals surface area contributed by atoms with Gasteiger partial charge in [0.15, 0.2) is 5.69 Å². The molecule has 5 nitrogen and oxygen atoms in total. The molecule has 17 heavy (non-hydrogen) atoms. The molecule has 1 N–H and O–H groups in total. The fourth-order valence-corrected chi connectivity index (χ4v) is 2.27. The number of likely N-dealkylation sites (tertiary alicyclic amines) is 1. The summed E-state index contributed by atoms with van der Waals surface area (Å²) < 4.78 is 1.82. The number of aromatic carboxylic acids is 1. The van der Waals surface area contributed by atoms with Gasteiger partial charge in [-0.3, -0.25) is 9.58 Å². The van der Waals surface area contributed by atoms with Gasteiger partial charge < -0.3 is 5.11 Å². The van der Waals surface area contributed by atoms with Gasteiger partial charge in [0.2, 0.25) is 0 Å². The van der Waals surface area contributed by atoms with Crippen molar-refractivity contribution in [1.29, 1.82) is 0 Å². The first-order valence-corrected chi connectivity index (χ1v) is 6.12. The molecule has 1 aromatic rings. The van der Waals surface area contributed by atoms with E-state index in [9.17, 15) is 4.79 Å². The molecule has 0 aliphatic carbocycles. The first-order chi connectivity index (χ1) is 8.08. The Labute approximate surface area is 101 Å². The first-order valence-electron chi connectivity index (χ1n) is 6.12. The van der Waals surface area contributed by atoms with E-state index < -0.39 is 5.97 Å². The average molecular weight is 237 g/mol. The van der Waals surface area contributed by atoms with Crippen LogP contribution < -0.4 is 0 Å². The van der Waals surface area contributed by atoms with Crippen molar-refractivity contribution >= 4 is 5.97 Å². The zero-order valence-corrected chi connectivity index (χ0v) is 10.4. The van der Waals surface area contributed by atoms with Gasteiger partial charge in [0, 0.05) is 12.6 Å². The first kappa shape index (κ1) is 12.1. The number of carbonyl (C=O) groups is 1. The standard InChI is InChI=1S/C12H19N3O2/c1-9(2)15-10(7-11(13-15)12(16)17)8-14-5-3-4-6-14/h7,9H,3-6,8H2,1-2H3,(H,16,17). The van der Waals surface area contributed by atoms with E-state index in [4.69, 9.17) is 5.11 Å². The summed E-state index contributed by atoms with van der Waals surface area (Å²) in [6.45, 7) is 7.05. The fourth-order valence-electron chi connectivity index (χ4n) is 2.27. The highest BCUT2D eigenvalue weighted by molar-refractivity contribution is 5.85. The Morgan fingerprint density at radius 2 is 2.12 bits per heavy atom. The smallest absolute Gasteiger partial charge is 0.356 e. The van der Waals surface area contributed by atoms with Gasteiger partial charge >= 0.3 is 5.97 Å². The van der Waals surface area contributed by atoms with Gasteiger partial charge in [0.05, 0.1) is 5.69 Å². The highest BCUT2D eigenvalue weighted by Crippen LogP contribution is 2.17. The summed E-state index contributed by atoms with van der Waals surface area (Å²) in [4.78, 5) is 13.3. The van der Waals surface area contributed by atoms with Crippen molar-refractivity contribution in [3.63, 3.8) is 0 Å². The molecule has 0 amide bonds. The quantitative estimate of drug-likeness (QED) is 0.866. The van der Waals surface area contributed by atoms with Crippen LogP contribution in [0.3, 0.4) is 0 Å². The summed E-state index contributed by atoms with van der Waals surface area (Å²) in [6.07, 6.45) is 2.48. The summed E-state index contributed by atoms with van der Waals surface area (Å²) in [7, 11) is 0. The molecule has 94 valence electrons. The van der Waals surface area contributed by atoms with Gasteiger partial charge in [-0.05, 0) is 45.8 Å².